The van der Waals surface area contributed by atoms with E-state index in [0.717, 1.165) is 28.3 Å². The molecule has 0 fully saturated rings. The van der Waals surface area contributed by atoms with Gasteiger partial charge in [-0.1, -0.05) is 13.0 Å². The van der Waals surface area contributed by atoms with Crippen LogP contribution < -0.4 is 10.1 Å². The summed E-state index contributed by atoms with van der Waals surface area (Å²) in [6.07, 6.45) is 1.01. The molecule has 3 nitrogen and oxygen atoms in total. The van der Waals surface area contributed by atoms with Crippen molar-refractivity contribution >= 4 is 16.2 Å². The van der Waals surface area contributed by atoms with E-state index in [0.29, 0.717) is 0 Å². The van der Waals surface area contributed by atoms with Crippen molar-refractivity contribution in [2.24, 2.45) is 0 Å². The number of hydrogen-bond donors (Lipinski definition) is 1. The topological polar surface area (TPSA) is 30.5 Å². The van der Waals surface area contributed by atoms with Crippen LogP contribution in [0.2, 0.25) is 0 Å². The lowest BCUT2D eigenvalue weighted by molar-refractivity contribution is -0.00963. The summed E-state index contributed by atoms with van der Waals surface area (Å²) in [5, 5.41) is 3.11. The number of ether oxygens (including phenoxy) is 1. The normalized spacial score (nSPS) is 13.4. The molecule has 1 atom stereocenters. The van der Waals surface area contributed by atoms with Crippen LogP contribution in [0.3, 0.4) is 0 Å². The van der Waals surface area contributed by atoms with E-state index in [1.165, 1.54) is 0 Å². The van der Waals surface area contributed by atoms with E-state index in [2.05, 4.69) is 26.1 Å². The van der Waals surface area contributed by atoms with E-state index >= 15 is 0 Å². The Morgan fingerprint density at radius 2 is 2.12 bits per heavy atom. The zero-order chi connectivity index (χ0) is 12.9. The Morgan fingerprint density at radius 1 is 1.41 bits per heavy atom. The van der Waals surface area contributed by atoms with Crippen molar-refractivity contribution in [1.82, 2.24) is 0 Å². The molecule has 1 unspecified atom stereocenters. The Hall–Kier alpha value is -1.00. The second-order valence-electron chi connectivity index (χ2n) is 4.60. The van der Waals surface area contributed by atoms with Crippen molar-refractivity contribution in [2.45, 2.75) is 38.9 Å². The highest BCUT2D eigenvalue weighted by molar-refractivity contribution is 5.98. The predicted molar refractivity (Wildman–Crippen MR) is 75.8 cm³/mol. The van der Waals surface area contributed by atoms with Crippen molar-refractivity contribution in [2.75, 3.05) is 12.4 Å². The summed E-state index contributed by atoms with van der Waals surface area (Å²) in [4.78, 5) is 0. The van der Waals surface area contributed by atoms with Gasteiger partial charge in [0, 0.05) is 18.8 Å². The lowest BCUT2D eigenvalue weighted by Gasteiger charge is -2.33. The maximum atomic E-state index is 6.02. The first-order valence-corrected chi connectivity index (χ1v) is 6.84. The molecule has 1 N–H and O–H groups in total. The van der Waals surface area contributed by atoms with Crippen LogP contribution in [0, 0.1) is 0 Å². The van der Waals surface area contributed by atoms with Gasteiger partial charge >= 0.3 is 0 Å². The van der Waals surface area contributed by atoms with E-state index in [9.17, 15) is 0 Å². The maximum absolute atomic E-state index is 6.02. The van der Waals surface area contributed by atoms with Crippen LogP contribution in [0.1, 0.15) is 27.2 Å². The molecule has 96 valence electrons. The molecule has 0 aliphatic carbocycles. The Bertz CT molecular complexity index is 355. The molecule has 17 heavy (non-hydrogen) atoms. The lowest BCUT2D eigenvalue weighted by Crippen LogP contribution is -2.42. The van der Waals surface area contributed by atoms with Gasteiger partial charge in [0.05, 0.1) is 5.60 Å². The van der Waals surface area contributed by atoms with Crippen LogP contribution in [-0.4, -0.2) is 29.2 Å². The van der Waals surface area contributed by atoms with Crippen LogP contribution in [0.4, 0.5) is 5.69 Å². The minimum Gasteiger partial charge on any atom is -0.487 e. The highest BCUT2D eigenvalue weighted by atomic mass is 28.2. The zero-order valence-corrected chi connectivity index (χ0v) is 13.4. The minimum absolute atomic E-state index is 0.0760. The monoisotopic (exact) mass is 253 g/mol. The van der Waals surface area contributed by atoms with Gasteiger partial charge in [-0.3, -0.25) is 0 Å². The van der Waals surface area contributed by atoms with Crippen LogP contribution in [0.5, 0.6) is 5.75 Å². The molecule has 0 spiro atoms. The first-order chi connectivity index (χ1) is 8.03. The smallest absolute Gasteiger partial charge is 0.146 e. The van der Waals surface area contributed by atoms with Crippen LogP contribution in [-0.2, 0) is 4.43 Å². The predicted octanol–water partition coefficient (Wildman–Crippen LogP) is 1.96. The number of anilines is 1. The molecule has 0 amide bonds. The minimum atomic E-state index is -0.226. The fourth-order valence-corrected chi connectivity index (χ4v) is 2.00. The van der Waals surface area contributed by atoms with Gasteiger partial charge in [0.15, 0.2) is 0 Å². The summed E-state index contributed by atoms with van der Waals surface area (Å²) < 4.78 is 11.6. The molecule has 0 saturated carbocycles. The molecule has 0 aliphatic rings. The summed E-state index contributed by atoms with van der Waals surface area (Å²) in [7, 11) is 2.63. The van der Waals surface area contributed by atoms with Gasteiger partial charge < -0.3 is 14.5 Å². The van der Waals surface area contributed by atoms with E-state index in [1.54, 1.807) is 0 Å². The molecular weight excluding hydrogens is 230 g/mol. The molecule has 4 heteroatoms. The van der Waals surface area contributed by atoms with Crippen LogP contribution >= 0.6 is 0 Å². The maximum Gasteiger partial charge on any atom is 0.146 e. The van der Waals surface area contributed by atoms with Crippen molar-refractivity contribution in [1.29, 1.82) is 0 Å². The summed E-state index contributed by atoms with van der Waals surface area (Å²) in [6.45, 7) is 6.28. The summed E-state index contributed by atoms with van der Waals surface area (Å²) in [5.41, 5.74) is 0.832. The van der Waals surface area contributed by atoms with Gasteiger partial charge in [0.25, 0.3) is 0 Å². The highest BCUT2D eigenvalue weighted by Gasteiger charge is 2.29. The third-order valence-electron chi connectivity index (χ3n) is 3.07. The first kappa shape index (κ1) is 14.1. The summed E-state index contributed by atoms with van der Waals surface area (Å²) >= 11 is 0. The average Bonchev–Trinajstić information content (AvgIpc) is 2.36. The molecular formula is C13H23NO2Si. The number of nitrogens with one attached hydrogen (secondary N) is 1. The third kappa shape index (κ3) is 3.75. The van der Waals surface area contributed by atoms with Gasteiger partial charge in [-0.25, -0.2) is 0 Å². The van der Waals surface area contributed by atoms with Crippen molar-refractivity contribution in [3.8, 4) is 5.75 Å². The highest BCUT2D eigenvalue weighted by Crippen LogP contribution is 2.24. The number of benzene rings is 1. The SMILES string of the molecule is CCC(Oc1cccc(NC)c1)C(C)(C)O[SiH3]. The molecule has 0 bridgehead atoms. The van der Waals surface area contributed by atoms with E-state index < -0.39 is 0 Å². The number of rotatable bonds is 6. The van der Waals surface area contributed by atoms with E-state index in [4.69, 9.17) is 9.16 Å². The Morgan fingerprint density at radius 3 is 2.65 bits per heavy atom. The van der Waals surface area contributed by atoms with Gasteiger partial charge in [-0.15, -0.1) is 0 Å². The Balaban J connectivity index is 2.80. The molecule has 0 aliphatic heterocycles. The van der Waals surface area contributed by atoms with Gasteiger partial charge in [-0.2, -0.15) is 0 Å². The second-order valence-corrected chi connectivity index (χ2v) is 5.01. The van der Waals surface area contributed by atoms with E-state index in [1.807, 2.05) is 31.3 Å². The standard InChI is InChI=1S/C13H23NO2Si/c1-5-12(13(2,3)16-17)15-11-8-6-7-10(9-11)14-4/h6-9,12,14H,5H2,1-4,17H3. The molecule has 1 aromatic carbocycles. The third-order valence-corrected chi connectivity index (χ3v) is 4.13. The fraction of sp³-hybridized carbons (Fsp3) is 0.538. The molecule has 0 aromatic heterocycles. The molecule has 0 heterocycles. The molecule has 1 rings (SSSR count). The van der Waals surface area contributed by atoms with Crippen molar-refractivity contribution in [3.05, 3.63) is 24.3 Å². The Kier molecular flexibility index (Phi) is 5.02. The van der Waals surface area contributed by atoms with E-state index in [-0.39, 0.29) is 11.7 Å². The van der Waals surface area contributed by atoms with Gasteiger partial charge in [0.1, 0.15) is 22.3 Å². The van der Waals surface area contributed by atoms with Crippen LogP contribution in [0.25, 0.3) is 0 Å². The molecule has 0 saturated heterocycles. The lowest BCUT2D eigenvalue weighted by atomic mass is 9.99. The average molecular weight is 253 g/mol. The second kappa shape index (κ2) is 6.07. The number of hydrogen-bond acceptors (Lipinski definition) is 3. The first-order valence-electron chi connectivity index (χ1n) is 6.03. The van der Waals surface area contributed by atoms with Gasteiger partial charge in [0.2, 0.25) is 0 Å². The fourth-order valence-electron chi connectivity index (χ4n) is 1.74. The van der Waals surface area contributed by atoms with Crippen molar-refractivity contribution in [3.63, 3.8) is 0 Å². The Labute approximate surface area is 107 Å². The van der Waals surface area contributed by atoms with Crippen molar-refractivity contribution < 1.29 is 9.16 Å². The van der Waals surface area contributed by atoms with Gasteiger partial charge in [-0.05, 0) is 32.4 Å². The largest absolute Gasteiger partial charge is 0.487 e. The summed E-state index contributed by atoms with van der Waals surface area (Å²) in [6, 6.07) is 7.99. The quantitative estimate of drug-likeness (QED) is 0.786. The molecule has 0 radical (unpaired) electrons. The molecule has 1 aromatic rings. The zero-order valence-electron chi connectivity index (χ0n) is 11.4. The van der Waals surface area contributed by atoms with Crippen LogP contribution in [0.15, 0.2) is 24.3 Å². The summed E-state index contributed by atoms with van der Waals surface area (Å²) in [5.74, 6) is 0.885.